The Balaban J connectivity index is 2.83. The van der Waals surface area contributed by atoms with Crippen molar-refractivity contribution in [1.82, 2.24) is 9.62 Å². The van der Waals surface area contributed by atoms with E-state index in [-0.39, 0.29) is 12.3 Å². The summed E-state index contributed by atoms with van der Waals surface area (Å²) in [6, 6.07) is -0.508. The van der Waals surface area contributed by atoms with Gasteiger partial charge < -0.3 is 5.32 Å². The second-order valence-electron chi connectivity index (χ2n) is 2.20. The number of hydrogen-bond donors (Lipinski definition) is 1. The number of nitrogens with zero attached hydrogens (tertiary/aromatic N) is 1. The second-order valence-corrected chi connectivity index (χ2v) is 4.39. The molecule has 0 aromatic carbocycles. The molecule has 1 heterocycles. The molecule has 64 valence electrons. The third-order valence-electron chi connectivity index (χ3n) is 1.52. The lowest BCUT2D eigenvalue weighted by Crippen LogP contribution is -2.35. The van der Waals surface area contributed by atoms with Crippen molar-refractivity contribution < 1.29 is 13.2 Å². The van der Waals surface area contributed by atoms with Crippen molar-refractivity contribution in [1.29, 1.82) is 0 Å². The first-order valence-electron chi connectivity index (χ1n) is 3.36. The van der Waals surface area contributed by atoms with E-state index in [0.29, 0.717) is 6.54 Å². The molecule has 2 amide bonds. The number of carbonyl (C=O) groups excluding carboxylic acids is 1. The average Bonchev–Trinajstić information content (AvgIpc) is 2.36. The standard InChI is InChI=1S/C5H10N2O3S/c1-2-11(9,10)7-4-3-6-5(7)8/h2-4H2,1H3,(H,6,8). The molecule has 1 fully saturated rings. The topological polar surface area (TPSA) is 66.5 Å². The van der Waals surface area contributed by atoms with Gasteiger partial charge in [0, 0.05) is 6.54 Å². The summed E-state index contributed by atoms with van der Waals surface area (Å²) in [5.41, 5.74) is 0. The van der Waals surface area contributed by atoms with Crippen molar-refractivity contribution in [2.45, 2.75) is 6.92 Å². The molecule has 1 saturated heterocycles. The van der Waals surface area contributed by atoms with Crippen molar-refractivity contribution in [3.05, 3.63) is 0 Å². The normalized spacial score (nSPS) is 18.6. The predicted octanol–water partition coefficient (Wildman–Crippen LogP) is -0.639. The van der Waals surface area contributed by atoms with E-state index >= 15 is 0 Å². The van der Waals surface area contributed by atoms with Crippen LogP contribution in [0, 0.1) is 0 Å². The van der Waals surface area contributed by atoms with E-state index in [1.807, 2.05) is 0 Å². The summed E-state index contributed by atoms with van der Waals surface area (Å²) in [4.78, 5) is 10.8. The van der Waals surface area contributed by atoms with Crippen molar-refractivity contribution in [3.63, 3.8) is 0 Å². The van der Waals surface area contributed by atoms with Gasteiger partial charge in [0.25, 0.3) is 0 Å². The number of hydrogen-bond acceptors (Lipinski definition) is 3. The first-order valence-corrected chi connectivity index (χ1v) is 4.97. The molecule has 0 spiro atoms. The molecule has 1 N–H and O–H groups in total. The highest BCUT2D eigenvalue weighted by Crippen LogP contribution is 2.04. The van der Waals surface area contributed by atoms with Gasteiger partial charge in [0.15, 0.2) is 0 Å². The third-order valence-corrected chi connectivity index (χ3v) is 3.27. The van der Waals surface area contributed by atoms with Crippen LogP contribution in [-0.4, -0.2) is 37.6 Å². The molecule has 1 rings (SSSR count). The molecule has 0 unspecified atom stereocenters. The Hall–Kier alpha value is -0.780. The van der Waals surface area contributed by atoms with Crippen LogP contribution in [0.25, 0.3) is 0 Å². The van der Waals surface area contributed by atoms with E-state index in [2.05, 4.69) is 5.32 Å². The van der Waals surface area contributed by atoms with Crippen molar-refractivity contribution >= 4 is 16.1 Å². The Bertz CT molecular complexity index is 259. The zero-order valence-electron chi connectivity index (χ0n) is 6.20. The summed E-state index contributed by atoms with van der Waals surface area (Å²) in [5.74, 6) is -0.0274. The van der Waals surface area contributed by atoms with Crippen LogP contribution in [0.3, 0.4) is 0 Å². The van der Waals surface area contributed by atoms with Crippen molar-refractivity contribution in [3.8, 4) is 0 Å². The fraction of sp³-hybridized carbons (Fsp3) is 0.800. The highest BCUT2D eigenvalue weighted by Gasteiger charge is 2.29. The van der Waals surface area contributed by atoms with Crippen LogP contribution >= 0.6 is 0 Å². The smallest absolute Gasteiger partial charge is 0.331 e. The Morgan fingerprint density at radius 2 is 2.27 bits per heavy atom. The van der Waals surface area contributed by atoms with Crippen LogP contribution in [0.15, 0.2) is 0 Å². The SMILES string of the molecule is CCS(=O)(=O)N1CCNC1=O. The number of sulfonamides is 1. The molecule has 0 atom stereocenters. The monoisotopic (exact) mass is 178 g/mol. The maximum Gasteiger partial charge on any atom is 0.331 e. The van der Waals surface area contributed by atoms with Gasteiger partial charge in [0.1, 0.15) is 0 Å². The van der Waals surface area contributed by atoms with Gasteiger partial charge in [-0.15, -0.1) is 0 Å². The lowest BCUT2D eigenvalue weighted by Gasteiger charge is -2.12. The van der Waals surface area contributed by atoms with Crippen LogP contribution in [0.5, 0.6) is 0 Å². The molecule has 1 aliphatic heterocycles. The zero-order chi connectivity index (χ0) is 8.48. The quantitative estimate of drug-likeness (QED) is 0.611. The highest BCUT2D eigenvalue weighted by molar-refractivity contribution is 7.89. The fourth-order valence-electron chi connectivity index (χ4n) is 0.875. The summed E-state index contributed by atoms with van der Waals surface area (Å²) in [7, 11) is -3.33. The van der Waals surface area contributed by atoms with Gasteiger partial charge in [-0.1, -0.05) is 0 Å². The van der Waals surface area contributed by atoms with Crippen LogP contribution < -0.4 is 5.32 Å². The zero-order valence-corrected chi connectivity index (χ0v) is 7.02. The molecule has 11 heavy (non-hydrogen) atoms. The molecular formula is C5H10N2O3S. The van der Waals surface area contributed by atoms with Crippen LogP contribution in [0.1, 0.15) is 6.92 Å². The van der Waals surface area contributed by atoms with Crippen molar-refractivity contribution in [2.24, 2.45) is 0 Å². The highest BCUT2D eigenvalue weighted by atomic mass is 32.2. The molecule has 5 nitrogen and oxygen atoms in total. The van der Waals surface area contributed by atoms with Crippen LogP contribution in [-0.2, 0) is 10.0 Å². The first kappa shape index (κ1) is 8.32. The minimum Gasteiger partial charge on any atom is -0.335 e. The van der Waals surface area contributed by atoms with Crippen LogP contribution in [0.4, 0.5) is 4.79 Å². The first-order chi connectivity index (χ1) is 5.08. The molecule has 0 aromatic rings. The van der Waals surface area contributed by atoms with Gasteiger partial charge in [-0.3, -0.25) is 0 Å². The van der Waals surface area contributed by atoms with E-state index in [1.54, 1.807) is 0 Å². The number of nitrogens with one attached hydrogen (secondary N) is 1. The van der Waals surface area contributed by atoms with Gasteiger partial charge in [-0.25, -0.2) is 17.5 Å². The number of amides is 2. The summed E-state index contributed by atoms with van der Waals surface area (Å²) >= 11 is 0. The van der Waals surface area contributed by atoms with Gasteiger partial charge in [0.2, 0.25) is 10.0 Å². The lowest BCUT2D eigenvalue weighted by atomic mass is 10.7. The minimum absolute atomic E-state index is 0.0274. The Morgan fingerprint density at radius 1 is 1.64 bits per heavy atom. The molecule has 0 radical (unpaired) electrons. The summed E-state index contributed by atoms with van der Waals surface area (Å²) in [5, 5.41) is 2.42. The summed E-state index contributed by atoms with van der Waals surface area (Å²) in [6.45, 7) is 2.19. The minimum atomic E-state index is -3.33. The predicted molar refractivity (Wildman–Crippen MR) is 39.6 cm³/mol. The van der Waals surface area contributed by atoms with E-state index in [9.17, 15) is 13.2 Å². The van der Waals surface area contributed by atoms with Crippen LogP contribution in [0.2, 0.25) is 0 Å². The van der Waals surface area contributed by atoms with Gasteiger partial charge in [-0.2, -0.15) is 0 Å². The largest absolute Gasteiger partial charge is 0.335 e. The van der Waals surface area contributed by atoms with Gasteiger partial charge in [-0.05, 0) is 6.92 Å². The lowest BCUT2D eigenvalue weighted by molar-refractivity contribution is 0.236. The van der Waals surface area contributed by atoms with E-state index < -0.39 is 16.1 Å². The summed E-state index contributed by atoms with van der Waals surface area (Å²) in [6.07, 6.45) is 0. The molecule has 0 aromatic heterocycles. The Kier molecular flexibility index (Phi) is 2.03. The van der Waals surface area contributed by atoms with E-state index in [1.165, 1.54) is 6.92 Å². The Morgan fingerprint density at radius 3 is 2.64 bits per heavy atom. The number of urea groups is 1. The molecular weight excluding hydrogens is 168 g/mol. The number of rotatable bonds is 2. The Labute approximate surface area is 65.4 Å². The average molecular weight is 178 g/mol. The second kappa shape index (κ2) is 2.69. The summed E-state index contributed by atoms with van der Waals surface area (Å²) < 4.78 is 23.0. The van der Waals surface area contributed by atoms with Gasteiger partial charge in [0.05, 0.1) is 12.3 Å². The maximum absolute atomic E-state index is 11.1. The molecule has 1 aliphatic rings. The molecule has 0 aliphatic carbocycles. The maximum atomic E-state index is 11.1. The third kappa shape index (κ3) is 1.45. The number of carbonyl (C=O) groups is 1. The molecule has 0 saturated carbocycles. The van der Waals surface area contributed by atoms with Crippen molar-refractivity contribution in [2.75, 3.05) is 18.8 Å². The van der Waals surface area contributed by atoms with E-state index in [0.717, 1.165) is 4.31 Å². The van der Waals surface area contributed by atoms with Gasteiger partial charge >= 0.3 is 6.03 Å². The molecule has 6 heteroatoms. The fourth-order valence-corrected chi connectivity index (χ4v) is 1.87. The molecule has 0 bridgehead atoms. The van der Waals surface area contributed by atoms with E-state index in [4.69, 9.17) is 0 Å².